The summed E-state index contributed by atoms with van der Waals surface area (Å²) >= 11 is 1.40. The molecular formula is C22H20N4O2S. The molecular weight excluding hydrogens is 384 g/mol. The van der Waals surface area contributed by atoms with Crippen molar-refractivity contribution >= 4 is 22.4 Å². The molecule has 1 amide bonds. The molecule has 0 radical (unpaired) electrons. The summed E-state index contributed by atoms with van der Waals surface area (Å²) in [6.07, 6.45) is 3.63. The van der Waals surface area contributed by atoms with Gasteiger partial charge in [-0.2, -0.15) is 0 Å². The Bertz CT molecular complexity index is 1130. The molecule has 0 aliphatic heterocycles. The minimum atomic E-state index is -0.258. The van der Waals surface area contributed by atoms with Crippen molar-refractivity contribution in [3.63, 3.8) is 0 Å². The van der Waals surface area contributed by atoms with Gasteiger partial charge in [-0.3, -0.25) is 10.1 Å². The van der Waals surface area contributed by atoms with Crippen LogP contribution in [0.2, 0.25) is 0 Å². The largest absolute Gasteiger partial charge is 0.484 e. The molecule has 7 heteroatoms. The third-order valence-corrected chi connectivity index (χ3v) is 5.27. The van der Waals surface area contributed by atoms with Gasteiger partial charge in [-0.05, 0) is 24.6 Å². The van der Waals surface area contributed by atoms with E-state index in [1.807, 2.05) is 79.3 Å². The van der Waals surface area contributed by atoms with E-state index in [2.05, 4.69) is 15.3 Å². The first kappa shape index (κ1) is 18.9. The highest BCUT2D eigenvalue weighted by molar-refractivity contribution is 7.19. The number of nitrogens with zero attached hydrogens (tertiary/aromatic N) is 3. The van der Waals surface area contributed by atoms with Crippen LogP contribution in [0.15, 0.2) is 67.0 Å². The molecule has 29 heavy (non-hydrogen) atoms. The maximum absolute atomic E-state index is 12.4. The molecule has 0 unspecified atom stereocenters. The zero-order valence-corrected chi connectivity index (χ0v) is 16.9. The third kappa shape index (κ3) is 4.35. The van der Waals surface area contributed by atoms with Gasteiger partial charge in [0.1, 0.15) is 5.75 Å². The summed E-state index contributed by atoms with van der Waals surface area (Å²) in [5.74, 6) is 1.21. The Balaban J connectivity index is 1.55. The number of carbonyl (C=O) groups excluding carboxylic acids is 1. The van der Waals surface area contributed by atoms with Crippen molar-refractivity contribution in [2.24, 2.45) is 7.05 Å². The van der Waals surface area contributed by atoms with Crippen LogP contribution in [0.5, 0.6) is 5.75 Å². The van der Waals surface area contributed by atoms with E-state index in [0.717, 1.165) is 27.5 Å². The second-order valence-corrected chi connectivity index (χ2v) is 7.58. The SMILES string of the molecule is Cc1cccc(OCC(=O)Nc2nc(-c3ccccc3)c(-c3nccn3C)s2)c1. The number of benzene rings is 2. The molecule has 0 saturated carbocycles. The van der Waals surface area contributed by atoms with E-state index in [9.17, 15) is 4.79 Å². The van der Waals surface area contributed by atoms with Gasteiger partial charge in [-0.25, -0.2) is 9.97 Å². The molecule has 0 atom stereocenters. The van der Waals surface area contributed by atoms with Crippen LogP contribution in [-0.2, 0) is 11.8 Å². The van der Waals surface area contributed by atoms with Crippen molar-refractivity contribution in [1.29, 1.82) is 0 Å². The maximum Gasteiger partial charge on any atom is 0.264 e. The first-order valence-corrected chi connectivity index (χ1v) is 9.95. The van der Waals surface area contributed by atoms with Gasteiger partial charge in [0.2, 0.25) is 0 Å². The molecule has 0 spiro atoms. The normalized spacial score (nSPS) is 10.7. The van der Waals surface area contributed by atoms with Crippen LogP contribution >= 0.6 is 11.3 Å². The Kier molecular flexibility index (Phi) is 5.39. The van der Waals surface area contributed by atoms with Gasteiger partial charge < -0.3 is 9.30 Å². The Hall–Kier alpha value is -3.45. The number of hydrogen-bond donors (Lipinski definition) is 1. The van der Waals surface area contributed by atoms with Crippen molar-refractivity contribution in [1.82, 2.24) is 14.5 Å². The maximum atomic E-state index is 12.4. The zero-order chi connectivity index (χ0) is 20.2. The van der Waals surface area contributed by atoms with Crippen LogP contribution in [0.1, 0.15) is 5.56 Å². The lowest BCUT2D eigenvalue weighted by Gasteiger charge is -2.06. The summed E-state index contributed by atoms with van der Waals surface area (Å²) in [4.78, 5) is 22.4. The smallest absolute Gasteiger partial charge is 0.264 e. The molecule has 2 aromatic carbocycles. The van der Waals surface area contributed by atoms with Crippen LogP contribution in [0.3, 0.4) is 0 Å². The fourth-order valence-electron chi connectivity index (χ4n) is 2.91. The molecule has 0 aliphatic rings. The molecule has 4 aromatic rings. The topological polar surface area (TPSA) is 69.0 Å². The van der Waals surface area contributed by atoms with E-state index >= 15 is 0 Å². The Morgan fingerprint density at radius 1 is 1.17 bits per heavy atom. The molecule has 0 saturated heterocycles. The van der Waals surface area contributed by atoms with Crippen molar-refractivity contribution in [3.05, 3.63) is 72.6 Å². The number of aryl methyl sites for hydroxylation is 2. The number of anilines is 1. The van der Waals surface area contributed by atoms with E-state index in [1.54, 1.807) is 6.20 Å². The van der Waals surface area contributed by atoms with Crippen molar-refractivity contribution in [3.8, 4) is 27.7 Å². The van der Waals surface area contributed by atoms with Crippen molar-refractivity contribution in [2.75, 3.05) is 11.9 Å². The highest BCUT2D eigenvalue weighted by Crippen LogP contribution is 2.38. The zero-order valence-electron chi connectivity index (χ0n) is 16.1. The van der Waals surface area contributed by atoms with E-state index < -0.39 is 0 Å². The van der Waals surface area contributed by atoms with E-state index in [0.29, 0.717) is 10.9 Å². The average Bonchev–Trinajstić information content (AvgIpc) is 3.33. The Labute approximate surface area is 172 Å². The number of hydrogen-bond acceptors (Lipinski definition) is 5. The lowest BCUT2D eigenvalue weighted by molar-refractivity contribution is -0.118. The van der Waals surface area contributed by atoms with Crippen LogP contribution in [0, 0.1) is 6.92 Å². The molecule has 146 valence electrons. The van der Waals surface area contributed by atoms with Gasteiger partial charge in [0.25, 0.3) is 5.91 Å². The standard InChI is InChI=1S/C22H20N4O2S/c1-15-7-6-10-17(13-15)28-14-18(27)24-22-25-19(16-8-4-3-5-9-16)20(29-22)21-23-11-12-26(21)2/h3-13H,14H2,1-2H3,(H,24,25,27). The minimum absolute atomic E-state index is 0.0819. The molecule has 0 fully saturated rings. The molecule has 2 heterocycles. The van der Waals surface area contributed by atoms with Crippen LogP contribution in [0.25, 0.3) is 22.0 Å². The van der Waals surface area contributed by atoms with Crippen LogP contribution in [-0.4, -0.2) is 27.0 Å². The third-order valence-electron chi connectivity index (χ3n) is 4.30. The summed E-state index contributed by atoms with van der Waals surface area (Å²) < 4.78 is 7.52. The van der Waals surface area contributed by atoms with Gasteiger partial charge in [0, 0.05) is 25.0 Å². The monoisotopic (exact) mass is 404 g/mol. The number of carbonyl (C=O) groups is 1. The van der Waals surface area contributed by atoms with Crippen molar-refractivity contribution in [2.45, 2.75) is 6.92 Å². The van der Waals surface area contributed by atoms with Crippen LogP contribution < -0.4 is 10.1 Å². The fourth-order valence-corrected chi connectivity index (χ4v) is 3.95. The van der Waals surface area contributed by atoms with Crippen molar-refractivity contribution < 1.29 is 9.53 Å². The fraction of sp³-hybridized carbons (Fsp3) is 0.136. The lowest BCUT2D eigenvalue weighted by atomic mass is 10.1. The first-order chi connectivity index (χ1) is 14.1. The highest BCUT2D eigenvalue weighted by atomic mass is 32.1. The summed E-state index contributed by atoms with van der Waals surface area (Å²) in [6, 6.07) is 17.5. The molecule has 4 rings (SSSR count). The van der Waals surface area contributed by atoms with E-state index in [1.165, 1.54) is 11.3 Å². The Morgan fingerprint density at radius 2 is 2.00 bits per heavy atom. The van der Waals surface area contributed by atoms with E-state index in [4.69, 9.17) is 4.74 Å². The molecule has 6 nitrogen and oxygen atoms in total. The number of thiazole rings is 1. The number of nitrogens with one attached hydrogen (secondary N) is 1. The Morgan fingerprint density at radius 3 is 2.72 bits per heavy atom. The quantitative estimate of drug-likeness (QED) is 0.512. The highest BCUT2D eigenvalue weighted by Gasteiger charge is 2.19. The lowest BCUT2D eigenvalue weighted by Crippen LogP contribution is -2.20. The second kappa shape index (κ2) is 8.28. The van der Waals surface area contributed by atoms with Crippen LogP contribution in [0.4, 0.5) is 5.13 Å². The predicted molar refractivity (Wildman–Crippen MR) is 115 cm³/mol. The number of ether oxygens (including phenoxy) is 1. The van der Waals surface area contributed by atoms with Gasteiger partial charge in [-0.1, -0.05) is 53.8 Å². The summed E-state index contributed by atoms with van der Waals surface area (Å²) in [7, 11) is 1.94. The molecule has 0 bridgehead atoms. The summed E-state index contributed by atoms with van der Waals surface area (Å²) in [6.45, 7) is 1.90. The van der Waals surface area contributed by atoms with E-state index in [-0.39, 0.29) is 12.5 Å². The van der Waals surface area contributed by atoms with Gasteiger partial charge in [-0.15, -0.1) is 0 Å². The minimum Gasteiger partial charge on any atom is -0.484 e. The molecule has 1 N–H and O–H groups in total. The number of rotatable bonds is 6. The molecule has 0 aliphatic carbocycles. The van der Waals surface area contributed by atoms with Gasteiger partial charge in [0.05, 0.1) is 10.6 Å². The summed E-state index contributed by atoms with van der Waals surface area (Å²) in [5.41, 5.74) is 2.84. The van der Waals surface area contributed by atoms with Gasteiger partial charge in [0.15, 0.2) is 17.6 Å². The summed E-state index contributed by atoms with van der Waals surface area (Å²) in [5, 5.41) is 3.36. The number of amides is 1. The number of imidazole rings is 1. The first-order valence-electron chi connectivity index (χ1n) is 9.13. The molecule has 2 aromatic heterocycles. The number of aromatic nitrogens is 3. The van der Waals surface area contributed by atoms with Gasteiger partial charge >= 0.3 is 0 Å². The predicted octanol–water partition coefficient (Wildman–Crippen LogP) is 4.54. The second-order valence-electron chi connectivity index (χ2n) is 6.58. The average molecular weight is 404 g/mol.